The van der Waals surface area contributed by atoms with Crippen LogP contribution in [0.3, 0.4) is 0 Å². The maximum atomic E-state index is 12.3. The van der Waals surface area contributed by atoms with Crippen LogP contribution in [0.2, 0.25) is 5.02 Å². The van der Waals surface area contributed by atoms with Crippen LogP contribution >= 0.6 is 11.6 Å². The molecule has 0 aromatic heterocycles. The largest absolute Gasteiger partial charge is 0.490 e. The minimum atomic E-state index is -1.37. The molecule has 7 heteroatoms. The molecule has 0 radical (unpaired) electrons. The number of carbonyl (C=O) groups is 1. The molecule has 2 aromatic rings. The summed E-state index contributed by atoms with van der Waals surface area (Å²) >= 11 is 6.22. The number of hydrogen-bond donors (Lipinski definition) is 1. The van der Waals surface area contributed by atoms with Gasteiger partial charge in [-0.3, -0.25) is 0 Å². The number of rotatable bonds is 9. The first-order valence-electron chi connectivity index (χ1n) is 8.14. The predicted octanol–water partition coefficient (Wildman–Crippen LogP) is 4.34. The Kier molecular flexibility index (Phi) is 8.15. The maximum absolute atomic E-state index is 12.3. The Balaban J connectivity index is 1.77. The number of nitrogens with one attached hydrogen (secondary N) is 1. The number of carbonyl (C=O) groups excluding carboxylic acids is 1. The van der Waals surface area contributed by atoms with Gasteiger partial charge in [-0.05, 0) is 29.7 Å². The van der Waals surface area contributed by atoms with E-state index in [0.717, 1.165) is 12.0 Å². The molecule has 0 saturated heterocycles. The summed E-state index contributed by atoms with van der Waals surface area (Å²) in [5.74, 6) is 0.490. The molecule has 4 nitrogen and oxygen atoms in total. The third kappa shape index (κ3) is 6.52. The lowest BCUT2D eigenvalue weighted by Crippen LogP contribution is -2.33. The Morgan fingerprint density at radius 2 is 1.81 bits per heavy atom. The van der Waals surface area contributed by atoms with Crippen LogP contribution in [0.1, 0.15) is 11.1 Å². The third-order valence-corrected chi connectivity index (χ3v) is 3.79. The van der Waals surface area contributed by atoms with Gasteiger partial charge in [-0.1, -0.05) is 48.0 Å². The SMILES string of the molecule is O=C(NCCOc1ccc(Cc2ccccc2)cc1Cl)OC(CF)CF. The number of alkyl halides is 2. The molecule has 0 heterocycles. The number of alkyl carbamates (subject to hydrolysis) is 1. The number of hydrogen-bond acceptors (Lipinski definition) is 3. The van der Waals surface area contributed by atoms with Crippen molar-refractivity contribution in [2.45, 2.75) is 12.5 Å². The van der Waals surface area contributed by atoms with Crippen LogP contribution in [0.4, 0.5) is 13.6 Å². The van der Waals surface area contributed by atoms with Crippen molar-refractivity contribution in [1.82, 2.24) is 5.32 Å². The summed E-state index contributed by atoms with van der Waals surface area (Å²) in [6.07, 6.45) is -1.50. The van der Waals surface area contributed by atoms with Crippen molar-refractivity contribution in [3.05, 3.63) is 64.7 Å². The van der Waals surface area contributed by atoms with Crippen molar-refractivity contribution in [3.63, 3.8) is 0 Å². The Morgan fingerprint density at radius 1 is 1.08 bits per heavy atom. The van der Waals surface area contributed by atoms with Crippen molar-refractivity contribution in [3.8, 4) is 5.75 Å². The Morgan fingerprint density at radius 3 is 2.46 bits per heavy atom. The average molecular weight is 384 g/mol. The first-order valence-corrected chi connectivity index (χ1v) is 8.51. The molecule has 0 aliphatic heterocycles. The van der Waals surface area contributed by atoms with E-state index in [0.29, 0.717) is 10.8 Å². The molecule has 0 aliphatic rings. The first kappa shape index (κ1) is 20.0. The lowest BCUT2D eigenvalue weighted by atomic mass is 10.1. The molecule has 2 aromatic carbocycles. The number of amides is 1. The molecule has 0 unspecified atom stereocenters. The van der Waals surface area contributed by atoms with E-state index in [4.69, 9.17) is 16.3 Å². The van der Waals surface area contributed by atoms with Crippen LogP contribution in [-0.2, 0) is 11.2 Å². The van der Waals surface area contributed by atoms with Crippen LogP contribution in [0, 0.1) is 0 Å². The minimum absolute atomic E-state index is 0.117. The van der Waals surface area contributed by atoms with Gasteiger partial charge in [-0.2, -0.15) is 0 Å². The summed E-state index contributed by atoms with van der Waals surface area (Å²) in [6.45, 7) is -1.87. The van der Waals surface area contributed by atoms with Gasteiger partial charge in [0, 0.05) is 0 Å². The molecular weight excluding hydrogens is 364 g/mol. The fraction of sp³-hybridized carbons (Fsp3) is 0.316. The predicted molar refractivity (Wildman–Crippen MR) is 96.4 cm³/mol. The quantitative estimate of drug-likeness (QED) is 0.655. The van der Waals surface area contributed by atoms with E-state index in [1.807, 2.05) is 42.5 Å². The maximum Gasteiger partial charge on any atom is 0.407 e. The highest BCUT2D eigenvalue weighted by molar-refractivity contribution is 6.32. The smallest absolute Gasteiger partial charge is 0.407 e. The summed E-state index contributed by atoms with van der Waals surface area (Å²) in [5.41, 5.74) is 2.23. The van der Waals surface area contributed by atoms with Crippen LogP contribution in [0.5, 0.6) is 5.75 Å². The second-order valence-corrected chi connectivity index (χ2v) is 5.95. The van der Waals surface area contributed by atoms with E-state index in [-0.39, 0.29) is 13.2 Å². The molecule has 0 fully saturated rings. The van der Waals surface area contributed by atoms with E-state index >= 15 is 0 Å². The zero-order valence-corrected chi connectivity index (χ0v) is 14.8. The van der Waals surface area contributed by atoms with Gasteiger partial charge in [0.25, 0.3) is 0 Å². The number of benzene rings is 2. The summed E-state index contributed by atoms with van der Waals surface area (Å²) in [6, 6.07) is 15.5. The van der Waals surface area contributed by atoms with E-state index in [1.54, 1.807) is 6.07 Å². The van der Waals surface area contributed by atoms with Gasteiger partial charge < -0.3 is 14.8 Å². The molecule has 0 aliphatic carbocycles. The molecule has 1 amide bonds. The highest BCUT2D eigenvalue weighted by Gasteiger charge is 2.13. The van der Waals surface area contributed by atoms with Gasteiger partial charge in [0.15, 0.2) is 6.10 Å². The van der Waals surface area contributed by atoms with E-state index in [1.165, 1.54) is 5.56 Å². The average Bonchev–Trinajstić information content (AvgIpc) is 2.65. The molecule has 1 N–H and O–H groups in total. The van der Waals surface area contributed by atoms with Gasteiger partial charge in [0.2, 0.25) is 0 Å². The number of ether oxygens (including phenoxy) is 2. The summed E-state index contributed by atoms with van der Waals surface area (Å²) in [4.78, 5) is 11.3. The Hall–Kier alpha value is -2.34. The topological polar surface area (TPSA) is 47.6 Å². The Bertz CT molecular complexity index is 696. The van der Waals surface area contributed by atoms with Gasteiger partial charge in [0.05, 0.1) is 11.6 Å². The molecule has 26 heavy (non-hydrogen) atoms. The molecular formula is C19H20ClF2NO3. The van der Waals surface area contributed by atoms with Crippen molar-refractivity contribution in [2.24, 2.45) is 0 Å². The summed E-state index contributed by atoms with van der Waals surface area (Å²) < 4.78 is 34.5. The van der Waals surface area contributed by atoms with Crippen LogP contribution in [0.25, 0.3) is 0 Å². The second kappa shape index (κ2) is 10.6. The second-order valence-electron chi connectivity index (χ2n) is 5.54. The molecule has 140 valence electrons. The van der Waals surface area contributed by atoms with E-state index in [9.17, 15) is 13.6 Å². The van der Waals surface area contributed by atoms with Gasteiger partial charge in [0.1, 0.15) is 25.7 Å². The first-order chi connectivity index (χ1) is 12.6. The van der Waals surface area contributed by atoms with Crippen molar-refractivity contribution >= 4 is 17.7 Å². The molecule has 0 spiro atoms. The summed E-state index contributed by atoms with van der Waals surface area (Å²) in [5, 5.41) is 2.82. The minimum Gasteiger partial charge on any atom is -0.490 e. The van der Waals surface area contributed by atoms with Crippen molar-refractivity contribution in [2.75, 3.05) is 26.5 Å². The zero-order valence-electron chi connectivity index (χ0n) is 14.1. The van der Waals surface area contributed by atoms with Gasteiger partial charge >= 0.3 is 6.09 Å². The van der Waals surface area contributed by atoms with Crippen molar-refractivity contribution in [1.29, 1.82) is 0 Å². The normalized spacial score (nSPS) is 10.6. The third-order valence-electron chi connectivity index (χ3n) is 3.49. The molecule has 0 bridgehead atoms. The molecule has 0 saturated carbocycles. The van der Waals surface area contributed by atoms with Gasteiger partial charge in [-0.15, -0.1) is 0 Å². The van der Waals surface area contributed by atoms with E-state index < -0.39 is 25.5 Å². The van der Waals surface area contributed by atoms with E-state index in [2.05, 4.69) is 10.1 Å². The van der Waals surface area contributed by atoms with Crippen LogP contribution in [0.15, 0.2) is 48.5 Å². The highest BCUT2D eigenvalue weighted by Crippen LogP contribution is 2.26. The molecule has 0 atom stereocenters. The van der Waals surface area contributed by atoms with Crippen LogP contribution in [-0.4, -0.2) is 38.7 Å². The monoisotopic (exact) mass is 383 g/mol. The standard InChI is InChI=1S/C19H20ClF2NO3/c20-17-11-15(10-14-4-2-1-3-5-14)6-7-18(17)25-9-8-23-19(24)26-16(12-21)13-22/h1-7,11,16H,8-10,12-13H2,(H,23,24). The molecule has 2 rings (SSSR count). The fourth-order valence-corrected chi connectivity index (χ4v) is 2.47. The highest BCUT2D eigenvalue weighted by atomic mass is 35.5. The zero-order chi connectivity index (χ0) is 18.8. The van der Waals surface area contributed by atoms with Gasteiger partial charge in [-0.25, -0.2) is 13.6 Å². The lowest BCUT2D eigenvalue weighted by molar-refractivity contribution is 0.0650. The Labute approximate surface area is 156 Å². The summed E-state index contributed by atoms with van der Waals surface area (Å²) in [7, 11) is 0. The number of halogens is 3. The fourth-order valence-electron chi connectivity index (χ4n) is 2.21. The van der Waals surface area contributed by atoms with Crippen LogP contribution < -0.4 is 10.1 Å². The lowest BCUT2D eigenvalue weighted by Gasteiger charge is -2.13. The van der Waals surface area contributed by atoms with Crippen molar-refractivity contribution < 1.29 is 23.0 Å².